The predicted molar refractivity (Wildman–Crippen MR) is 72.1 cm³/mol. The molecule has 1 aliphatic carbocycles. The summed E-state index contributed by atoms with van der Waals surface area (Å²) in [7, 11) is 0. The molecule has 1 N–H and O–H groups in total. The van der Waals surface area contributed by atoms with Crippen LogP contribution in [0.2, 0.25) is 0 Å². The number of carbonyl (C=O) groups is 1. The van der Waals surface area contributed by atoms with Crippen molar-refractivity contribution in [3.05, 3.63) is 11.1 Å². The highest BCUT2D eigenvalue weighted by Crippen LogP contribution is 2.23. The van der Waals surface area contributed by atoms with Crippen LogP contribution in [0.15, 0.2) is 10.5 Å². The highest BCUT2D eigenvalue weighted by molar-refractivity contribution is 7.13. The molecule has 0 spiro atoms. The van der Waals surface area contributed by atoms with Crippen LogP contribution in [0.1, 0.15) is 43.6 Å². The molecule has 1 heterocycles. The van der Waals surface area contributed by atoms with Gasteiger partial charge in [0.15, 0.2) is 5.69 Å². The van der Waals surface area contributed by atoms with Crippen molar-refractivity contribution in [3.63, 3.8) is 0 Å². The zero-order valence-electron chi connectivity index (χ0n) is 10.6. The van der Waals surface area contributed by atoms with Crippen molar-refractivity contribution < 1.29 is 9.53 Å². The van der Waals surface area contributed by atoms with E-state index < -0.39 is 0 Å². The normalized spacial score (nSPS) is 21.2. The molecule has 98 valence electrons. The number of anilines is 1. The Balaban J connectivity index is 1.92. The first kappa shape index (κ1) is 13.0. The van der Waals surface area contributed by atoms with Gasteiger partial charge in [0.1, 0.15) is 0 Å². The van der Waals surface area contributed by atoms with Gasteiger partial charge in [0.05, 0.1) is 6.61 Å². The van der Waals surface area contributed by atoms with Crippen LogP contribution in [0.25, 0.3) is 0 Å². The van der Waals surface area contributed by atoms with E-state index in [2.05, 4.69) is 22.4 Å². The van der Waals surface area contributed by atoms with Gasteiger partial charge >= 0.3 is 5.97 Å². The Morgan fingerprint density at radius 2 is 2.56 bits per heavy atom. The second kappa shape index (κ2) is 5.95. The van der Waals surface area contributed by atoms with Crippen LogP contribution >= 0.6 is 11.3 Å². The smallest absolute Gasteiger partial charge is 0.357 e. The topological polar surface area (TPSA) is 63.6 Å². The van der Waals surface area contributed by atoms with Gasteiger partial charge in [-0.1, -0.05) is 6.92 Å². The number of thiazole rings is 1. The lowest BCUT2D eigenvalue weighted by Gasteiger charge is -1.98. The largest absolute Gasteiger partial charge is 0.461 e. The van der Waals surface area contributed by atoms with E-state index in [0.717, 1.165) is 18.8 Å². The minimum atomic E-state index is -0.385. The number of nitrogens with one attached hydrogen (secondary N) is 1. The van der Waals surface area contributed by atoms with Crippen molar-refractivity contribution in [3.8, 4) is 0 Å². The molecule has 1 saturated carbocycles. The van der Waals surface area contributed by atoms with Gasteiger partial charge < -0.3 is 4.74 Å². The number of nitrogens with zero attached hydrogens (tertiary/aromatic N) is 2. The molecule has 0 aromatic carbocycles. The highest BCUT2D eigenvalue weighted by atomic mass is 32.1. The maximum absolute atomic E-state index is 11.4. The zero-order valence-corrected chi connectivity index (χ0v) is 11.4. The Hall–Kier alpha value is -1.43. The summed E-state index contributed by atoms with van der Waals surface area (Å²) in [5, 5.41) is 6.63. The van der Waals surface area contributed by atoms with E-state index in [4.69, 9.17) is 4.74 Å². The summed E-state index contributed by atoms with van der Waals surface area (Å²) in [5.41, 5.74) is 4.43. The highest BCUT2D eigenvalue weighted by Gasteiger charge is 2.16. The molecule has 1 aromatic rings. The number of esters is 1. The fourth-order valence-corrected chi connectivity index (χ4v) is 2.49. The molecule has 1 aromatic heterocycles. The Morgan fingerprint density at radius 3 is 3.22 bits per heavy atom. The van der Waals surface area contributed by atoms with Crippen molar-refractivity contribution in [2.45, 2.75) is 33.1 Å². The lowest BCUT2D eigenvalue weighted by atomic mass is 10.1. The van der Waals surface area contributed by atoms with Gasteiger partial charge in [-0.25, -0.2) is 9.78 Å². The quantitative estimate of drug-likeness (QED) is 0.673. The van der Waals surface area contributed by atoms with E-state index in [1.807, 2.05) is 0 Å². The molecule has 18 heavy (non-hydrogen) atoms. The number of hydrogen-bond donors (Lipinski definition) is 1. The predicted octanol–water partition coefficient (Wildman–Crippen LogP) is 2.91. The van der Waals surface area contributed by atoms with Crippen LogP contribution in [0, 0.1) is 5.92 Å². The molecule has 0 amide bonds. The van der Waals surface area contributed by atoms with Crippen LogP contribution in [-0.2, 0) is 4.74 Å². The zero-order chi connectivity index (χ0) is 13.0. The van der Waals surface area contributed by atoms with E-state index in [0.29, 0.717) is 17.4 Å². The molecule has 5 nitrogen and oxygen atoms in total. The van der Waals surface area contributed by atoms with Crippen LogP contribution in [-0.4, -0.2) is 23.3 Å². The fourth-order valence-electron chi connectivity index (χ4n) is 1.87. The molecule has 0 radical (unpaired) electrons. The van der Waals surface area contributed by atoms with Gasteiger partial charge in [-0.3, -0.25) is 5.43 Å². The average molecular weight is 267 g/mol. The maximum atomic E-state index is 11.4. The number of carbonyl (C=O) groups excluding carboxylic acids is 1. The Bertz CT molecular complexity index is 456. The molecule has 1 fully saturated rings. The third kappa shape index (κ3) is 3.29. The molecule has 2 rings (SSSR count). The Morgan fingerprint density at radius 1 is 1.72 bits per heavy atom. The van der Waals surface area contributed by atoms with E-state index >= 15 is 0 Å². The van der Waals surface area contributed by atoms with E-state index in [-0.39, 0.29) is 5.97 Å². The van der Waals surface area contributed by atoms with Crippen molar-refractivity contribution in [1.29, 1.82) is 0 Å². The summed E-state index contributed by atoms with van der Waals surface area (Å²) in [6.07, 6.45) is 3.29. The fraction of sp³-hybridized carbons (Fsp3) is 0.583. The van der Waals surface area contributed by atoms with Crippen molar-refractivity contribution >= 4 is 28.1 Å². The van der Waals surface area contributed by atoms with E-state index in [1.165, 1.54) is 23.5 Å². The minimum absolute atomic E-state index is 0.337. The van der Waals surface area contributed by atoms with E-state index in [9.17, 15) is 4.79 Å². The van der Waals surface area contributed by atoms with Crippen molar-refractivity contribution in [2.24, 2.45) is 11.0 Å². The molecule has 1 unspecified atom stereocenters. The number of hydrogen-bond acceptors (Lipinski definition) is 6. The van der Waals surface area contributed by atoms with Crippen molar-refractivity contribution in [1.82, 2.24) is 4.98 Å². The van der Waals surface area contributed by atoms with Crippen molar-refractivity contribution in [2.75, 3.05) is 12.0 Å². The second-order valence-electron chi connectivity index (χ2n) is 4.40. The van der Waals surface area contributed by atoms with Gasteiger partial charge in [0, 0.05) is 11.1 Å². The summed E-state index contributed by atoms with van der Waals surface area (Å²) in [4.78, 5) is 15.6. The first-order valence-electron chi connectivity index (χ1n) is 6.13. The van der Waals surface area contributed by atoms with Gasteiger partial charge in [-0.05, 0) is 32.1 Å². The lowest BCUT2D eigenvalue weighted by molar-refractivity contribution is 0.0520. The summed E-state index contributed by atoms with van der Waals surface area (Å²) in [6.45, 7) is 4.36. The van der Waals surface area contributed by atoms with Gasteiger partial charge in [-0.15, -0.1) is 11.3 Å². The summed E-state index contributed by atoms with van der Waals surface area (Å²) in [5.74, 6) is 0.334. The molecule has 6 heteroatoms. The lowest BCUT2D eigenvalue weighted by Crippen LogP contribution is -2.05. The maximum Gasteiger partial charge on any atom is 0.357 e. The SMILES string of the molecule is CCOC(=O)c1csc(N/N=C2\CCC(C)C2)n1. The van der Waals surface area contributed by atoms with Gasteiger partial charge in [-0.2, -0.15) is 5.10 Å². The monoisotopic (exact) mass is 267 g/mol. The number of hydrazone groups is 1. The molecule has 0 aliphatic heterocycles. The third-order valence-electron chi connectivity index (χ3n) is 2.81. The standard InChI is InChI=1S/C12H17N3O2S/c1-3-17-11(16)10-7-18-12(13-10)15-14-9-5-4-8(2)6-9/h7-8H,3-6H2,1-2H3,(H,13,15)/b14-9+. The number of ether oxygens (including phenoxy) is 1. The number of rotatable bonds is 4. The summed E-state index contributed by atoms with van der Waals surface area (Å²) in [6, 6.07) is 0. The molecule has 1 atom stereocenters. The minimum Gasteiger partial charge on any atom is -0.461 e. The molecular formula is C12H17N3O2S. The van der Waals surface area contributed by atoms with Crippen LogP contribution in [0.5, 0.6) is 0 Å². The molecule has 0 bridgehead atoms. The summed E-state index contributed by atoms with van der Waals surface area (Å²) < 4.78 is 4.87. The van der Waals surface area contributed by atoms with Crippen LogP contribution < -0.4 is 5.43 Å². The molecule has 0 saturated heterocycles. The van der Waals surface area contributed by atoms with E-state index in [1.54, 1.807) is 12.3 Å². The molecular weight excluding hydrogens is 250 g/mol. The second-order valence-corrected chi connectivity index (χ2v) is 5.25. The van der Waals surface area contributed by atoms with Crippen LogP contribution in [0.4, 0.5) is 5.13 Å². The Labute approximate surface area is 110 Å². The number of aromatic nitrogens is 1. The first-order valence-corrected chi connectivity index (χ1v) is 7.01. The van der Waals surface area contributed by atoms with Gasteiger partial charge in [0.2, 0.25) is 5.13 Å². The van der Waals surface area contributed by atoms with Gasteiger partial charge in [0.25, 0.3) is 0 Å². The average Bonchev–Trinajstić information content (AvgIpc) is 2.95. The Kier molecular flexibility index (Phi) is 4.30. The third-order valence-corrected chi connectivity index (χ3v) is 3.56. The molecule has 1 aliphatic rings. The summed E-state index contributed by atoms with van der Waals surface area (Å²) >= 11 is 1.36. The van der Waals surface area contributed by atoms with Crippen LogP contribution in [0.3, 0.4) is 0 Å². The first-order chi connectivity index (χ1) is 8.69.